The van der Waals surface area contributed by atoms with Crippen molar-refractivity contribution in [3.8, 4) is 0 Å². The van der Waals surface area contributed by atoms with Crippen LogP contribution in [0.1, 0.15) is 27.7 Å². The molecule has 0 bridgehead atoms. The molecule has 3 aliphatic rings. The summed E-state index contributed by atoms with van der Waals surface area (Å²) in [7, 11) is 0. The average Bonchev–Trinajstić information content (AvgIpc) is 3.24. The van der Waals surface area contributed by atoms with Crippen LogP contribution in [-0.2, 0) is 19.2 Å². The van der Waals surface area contributed by atoms with Gasteiger partial charge in [-0.2, -0.15) is 0 Å². The van der Waals surface area contributed by atoms with Crippen molar-refractivity contribution in [2.75, 3.05) is 23.8 Å². The maximum atomic E-state index is 12.9. The number of amides is 2. The molecule has 3 aliphatic heterocycles. The zero-order valence-electron chi connectivity index (χ0n) is 20.7. The van der Waals surface area contributed by atoms with E-state index in [-0.39, 0.29) is 41.7 Å². The van der Waals surface area contributed by atoms with Crippen molar-refractivity contribution in [3.05, 3.63) is 11.3 Å². The third-order valence-corrected chi connectivity index (χ3v) is 8.24. The van der Waals surface area contributed by atoms with E-state index in [1.54, 1.807) is 0 Å². The number of hydrazine groups is 2. The quantitative estimate of drug-likeness (QED) is 0.113. The first-order valence-corrected chi connectivity index (χ1v) is 14.4. The highest BCUT2D eigenvalue weighted by molar-refractivity contribution is 8.14. The van der Waals surface area contributed by atoms with Gasteiger partial charge in [-0.05, 0) is 33.3 Å². The summed E-state index contributed by atoms with van der Waals surface area (Å²) in [6.45, 7) is 7.47. The van der Waals surface area contributed by atoms with Gasteiger partial charge in [-0.3, -0.25) is 29.3 Å². The number of nitrogens with one attached hydrogen (secondary N) is 4. The van der Waals surface area contributed by atoms with Crippen molar-refractivity contribution in [2.24, 2.45) is 10.1 Å². The predicted molar refractivity (Wildman–Crippen MR) is 143 cm³/mol. The number of carboxylic acid groups (broad SMARTS) is 2. The highest BCUT2D eigenvalue weighted by Crippen LogP contribution is 2.41. The maximum absolute atomic E-state index is 12.9. The Balaban J connectivity index is 1.60. The number of hydrogen-bond donors (Lipinski definition) is 6. The van der Waals surface area contributed by atoms with Crippen LogP contribution >= 0.6 is 35.3 Å². The largest absolute Gasteiger partial charge is 0.480 e. The summed E-state index contributed by atoms with van der Waals surface area (Å²) in [5.74, 6) is -2.54. The van der Waals surface area contributed by atoms with Crippen molar-refractivity contribution >= 4 is 69.4 Å². The number of nitrogens with zero attached hydrogens (tertiary/aromatic N) is 4. The molecule has 204 valence electrons. The number of fused-ring (bicyclic) bond motifs is 1. The van der Waals surface area contributed by atoms with E-state index in [1.807, 2.05) is 27.7 Å². The average molecular weight is 575 g/mol. The molecule has 1 fully saturated rings. The smallest absolute Gasteiger partial charge is 0.352 e. The van der Waals surface area contributed by atoms with Gasteiger partial charge in [0.2, 0.25) is 11.1 Å². The maximum Gasteiger partial charge on any atom is 0.352 e. The van der Waals surface area contributed by atoms with Crippen LogP contribution in [0.2, 0.25) is 0 Å². The van der Waals surface area contributed by atoms with Crippen LogP contribution in [0.4, 0.5) is 0 Å². The molecule has 17 heteroatoms. The third-order valence-electron chi connectivity index (χ3n) is 4.93. The number of carboxylic acids is 2. The Kier molecular flexibility index (Phi) is 9.97. The summed E-state index contributed by atoms with van der Waals surface area (Å²) < 4.78 is 0. The number of rotatable bonds is 10. The van der Waals surface area contributed by atoms with Crippen LogP contribution in [0.15, 0.2) is 21.4 Å². The Labute approximate surface area is 226 Å². The van der Waals surface area contributed by atoms with Gasteiger partial charge < -0.3 is 20.8 Å². The fraction of sp³-hybridized carbons (Fsp3) is 0.600. The van der Waals surface area contributed by atoms with E-state index in [0.29, 0.717) is 21.7 Å². The zero-order chi connectivity index (χ0) is 27.3. The molecule has 0 spiro atoms. The molecule has 3 rings (SSSR count). The molecule has 0 aromatic rings. The van der Waals surface area contributed by atoms with Crippen molar-refractivity contribution in [1.82, 2.24) is 31.6 Å². The summed E-state index contributed by atoms with van der Waals surface area (Å²) in [4.78, 5) is 54.2. The van der Waals surface area contributed by atoms with Gasteiger partial charge in [0.1, 0.15) is 23.7 Å². The van der Waals surface area contributed by atoms with Crippen LogP contribution in [0.3, 0.4) is 0 Å². The van der Waals surface area contributed by atoms with E-state index in [9.17, 15) is 24.3 Å². The normalized spacial score (nSPS) is 21.5. The summed E-state index contributed by atoms with van der Waals surface area (Å²) >= 11 is 3.76. The van der Waals surface area contributed by atoms with Gasteiger partial charge in [-0.1, -0.05) is 23.5 Å². The fourth-order valence-corrected chi connectivity index (χ4v) is 6.84. The lowest BCUT2D eigenvalue weighted by atomic mass is 10.0. The van der Waals surface area contributed by atoms with E-state index in [2.05, 4.69) is 31.8 Å². The minimum absolute atomic E-state index is 0.0549. The van der Waals surface area contributed by atoms with Crippen molar-refractivity contribution < 1.29 is 29.4 Å². The molecule has 2 atom stereocenters. The van der Waals surface area contributed by atoms with Gasteiger partial charge >= 0.3 is 11.9 Å². The first-order chi connectivity index (χ1) is 17.5. The number of thioether (sulfide) groups is 3. The molecule has 0 aliphatic carbocycles. The summed E-state index contributed by atoms with van der Waals surface area (Å²) in [5.41, 5.74) is 5.44. The van der Waals surface area contributed by atoms with Crippen LogP contribution in [0.25, 0.3) is 0 Å². The van der Waals surface area contributed by atoms with Crippen LogP contribution < -0.4 is 21.7 Å². The second kappa shape index (κ2) is 12.7. The molecule has 14 nitrogen and oxygen atoms in total. The monoisotopic (exact) mass is 574 g/mol. The molecule has 2 unspecified atom stereocenters. The molecule has 0 aromatic carbocycles. The minimum atomic E-state index is -1.24. The van der Waals surface area contributed by atoms with E-state index in [1.165, 1.54) is 33.4 Å². The lowest BCUT2D eigenvalue weighted by molar-refractivity contribution is -0.150. The molecule has 0 saturated carbocycles. The standard InChI is InChI=1S/C20H30N8O6S3/c1-9(2)21-19(22-10(3)4)36-8-12(29)23-14-16(32)28-15(18(33)34)11(6-35-17(14)28)7-37-20-24-25-26-27(20)5-13(30)31/h9-10,14,17,25-26H,5-8H2,1-4H3,(H,21,22)(H,23,29)(H,30,31)(H,33,34). The van der Waals surface area contributed by atoms with Gasteiger partial charge in [-0.25, -0.2) is 10.3 Å². The minimum Gasteiger partial charge on any atom is -0.480 e. The number of hydrogen-bond acceptors (Lipinski definition) is 12. The zero-order valence-corrected chi connectivity index (χ0v) is 23.1. The van der Waals surface area contributed by atoms with E-state index >= 15 is 0 Å². The molecule has 0 aromatic heterocycles. The third kappa shape index (κ3) is 7.45. The molecule has 3 heterocycles. The molecular weight excluding hydrogens is 544 g/mol. The molecular formula is C20H30N8O6S3. The highest BCUT2D eigenvalue weighted by Gasteiger charge is 2.54. The van der Waals surface area contributed by atoms with Gasteiger partial charge in [0.15, 0.2) is 5.17 Å². The van der Waals surface area contributed by atoms with Gasteiger partial charge in [0.25, 0.3) is 5.91 Å². The second-order valence-corrected chi connectivity index (χ2v) is 11.7. The second-order valence-electron chi connectivity index (χ2n) is 8.71. The first-order valence-electron chi connectivity index (χ1n) is 11.3. The van der Waals surface area contributed by atoms with Crippen LogP contribution in [0.5, 0.6) is 0 Å². The van der Waals surface area contributed by atoms with Crippen LogP contribution in [0, 0.1) is 0 Å². The first kappa shape index (κ1) is 28.9. The summed E-state index contributed by atoms with van der Waals surface area (Å²) in [6, 6.07) is -0.612. The number of carbonyl (C=O) groups excluding carboxylic acids is 2. The van der Waals surface area contributed by atoms with Gasteiger partial charge in [0, 0.05) is 23.6 Å². The lowest BCUT2D eigenvalue weighted by Crippen LogP contribution is -2.70. The number of hydrazone groups is 1. The Morgan fingerprint density at radius 3 is 2.62 bits per heavy atom. The Hall–Kier alpha value is -2.63. The van der Waals surface area contributed by atoms with Crippen molar-refractivity contribution in [3.63, 3.8) is 0 Å². The Bertz CT molecular complexity index is 1030. The number of aliphatic imine (C=N–C) groups is 1. The highest BCUT2D eigenvalue weighted by atomic mass is 32.2. The van der Waals surface area contributed by atoms with Crippen molar-refractivity contribution in [1.29, 1.82) is 0 Å². The molecule has 37 heavy (non-hydrogen) atoms. The van der Waals surface area contributed by atoms with Gasteiger partial charge in [-0.15, -0.1) is 22.4 Å². The van der Waals surface area contributed by atoms with E-state index in [4.69, 9.17) is 5.11 Å². The number of carbonyl (C=O) groups is 4. The number of β-lactam (4-membered cyclic amide) rings is 1. The summed E-state index contributed by atoms with van der Waals surface area (Å²) in [6.07, 6.45) is 0. The SMILES string of the molecule is CC(C)/N=C(\NC(C)C)SCC(=O)NC1C(=O)N2C(C(=O)O)=C(CSC3=NNNN3CC(=O)O)CSC12. The number of aliphatic carboxylic acids is 2. The Morgan fingerprint density at radius 1 is 1.27 bits per heavy atom. The summed E-state index contributed by atoms with van der Waals surface area (Å²) in [5, 5.41) is 30.5. The van der Waals surface area contributed by atoms with E-state index < -0.39 is 29.3 Å². The van der Waals surface area contributed by atoms with Crippen LogP contribution in [-0.4, -0.2) is 102 Å². The fourth-order valence-electron chi connectivity index (χ4n) is 3.49. The topological polar surface area (TPSA) is 188 Å². The number of amidine groups is 2. The Morgan fingerprint density at radius 2 is 2.00 bits per heavy atom. The molecule has 1 saturated heterocycles. The molecule has 2 amide bonds. The van der Waals surface area contributed by atoms with Crippen molar-refractivity contribution in [2.45, 2.75) is 51.2 Å². The lowest BCUT2D eigenvalue weighted by Gasteiger charge is -2.49. The molecule has 6 N–H and O–H groups in total. The van der Waals surface area contributed by atoms with E-state index in [0.717, 1.165) is 11.8 Å². The van der Waals surface area contributed by atoms with Gasteiger partial charge in [0.05, 0.1) is 5.75 Å². The molecule has 0 radical (unpaired) electrons. The predicted octanol–water partition coefficient (Wildman–Crippen LogP) is -0.366.